The fourth-order valence-electron chi connectivity index (χ4n) is 3.43. The number of likely N-dealkylation sites (tertiary alicyclic amines) is 1. The monoisotopic (exact) mass is 374 g/mol. The Kier molecular flexibility index (Phi) is 6.88. The van der Waals surface area contributed by atoms with E-state index in [4.69, 9.17) is 0 Å². The van der Waals surface area contributed by atoms with Gasteiger partial charge in [-0.15, -0.1) is 11.3 Å². The summed E-state index contributed by atoms with van der Waals surface area (Å²) in [4.78, 5) is 7.66. The van der Waals surface area contributed by atoms with Gasteiger partial charge in [0.1, 0.15) is 6.10 Å². The van der Waals surface area contributed by atoms with Crippen molar-refractivity contribution in [3.63, 3.8) is 0 Å². The number of piperidine rings is 1. The molecule has 2 heterocycles. The minimum Gasteiger partial charge on any atom is -0.386 e. The predicted molar refractivity (Wildman–Crippen MR) is 111 cm³/mol. The zero-order valence-electron chi connectivity index (χ0n) is 15.7. The van der Waals surface area contributed by atoms with Crippen molar-refractivity contribution in [2.45, 2.75) is 25.4 Å². The van der Waals surface area contributed by atoms with E-state index in [1.807, 2.05) is 12.1 Å². The summed E-state index contributed by atoms with van der Waals surface area (Å²) in [6.45, 7) is 3.80. The molecule has 5 nitrogen and oxygen atoms in total. The van der Waals surface area contributed by atoms with Crippen molar-refractivity contribution < 1.29 is 5.11 Å². The van der Waals surface area contributed by atoms with Crippen molar-refractivity contribution in [2.75, 3.05) is 40.3 Å². The number of guanidine groups is 1. The van der Waals surface area contributed by atoms with E-state index in [2.05, 4.69) is 45.8 Å². The first-order valence-corrected chi connectivity index (χ1v) is 10.3. The zero-order chi connectivity index (χ0) is 18.4. The molecule has 1 atom stereocenters. The van der Waals surface area contributed by atoms with E-state index in [9.17, 15) is 5.11 Å². The van der Waals surface area contributed by atoms with Crippen molar-refractivity contribution in [3.05, 3.63) is 35.2 Å². The average molecular weight is 375 g/mol. The smallest absolute Gasteiger partial charge is 0.191 e. The molecule has 26 heavy (non-hydrogen) atoms. The van der Waals surface area contributed by atoms with Crippen LogP contribution in [0.4, 0.5) is 0 Å². The molecule has 2 aromatic rings. The van der Waals surface area contributed by atoms with Gasteiger partial charge < -0.3 is 20.6 Å². The van der Waals surface area contributed by atoms with Gasteiger partial charge in [0.05, 0.1) is 0 Å². The molecule has 1 saturated heterocycles. The molecule has 1 aliphatic rings. The highest BCUT2D eigenvalue weighted by Crippen LogP contribution is 2.29. The Balaban J connectivity index is 1.42. The van der Waals surface area contributed by atoms with E-state index in [1.165, 1.54) is 42.4 Å². The number of aliphatic hydroxyl groups excluding tert-OH is 1. The van der Waals surface area contributed by atoms with Gasteiger partial charge in [0.2, 0.25) is 0 Å². The molecule has 0 spiro atoms. The molecule has 1 aromatic heterocycles. The normalized spacial score (nSPS) is 18.2. The molecule has 1 unspecified atom stereocenters. The van der Waals surface area contributed by atoms with E-state index in [1.54, 1.807) is 18.4 Å². The number of rotatable bonds is 6. The van der Waals surface area contributed by atoms with Gasteiger partial charge in [-0.3, -0.25) is 4.99 Å². The summed E-state index contributed by atoms with van der Waals surface area (Å²) >= 11 is 1.65. The first-order valence-electron chi connectivity index (χ1n) is 9.45. The first-order chi connectivity index (χ1) is 12.7. The van der Waals surface area contributed by atoms with Crippen LogP contribution in [0.1, 0.15) is 30.2 Å². The van der Waals surface area contributed by atoms with Gasteiger partial charge in [0.15, 0.2) is 5.96 Å². The Morgan fingerprint density at radius 3 is 2.81 bits per heavy atom. The van der Waals surface area contributed by atoms with Crippen LogP contribution in [0.25, 0.3) is 10.1 Å². The van der Waals surface area contributed by atoms with Crippen molar-refractivity contribution >= 4 is 27.4 Å². The lowest BCUT2D eigenvalue weighted by molar-refractivity contribution is 0.184. The summed E-state index contributed by atoms with van der Waals surface area (Å²) in [5, 5.41) is 18.3. The van der Waals surface area contributed by atoms with E-state index >= 15 is 0 Å². The largest absolute Gasteiger partial charge is 0.386 e. The average Bonchev–Trinajstić information content (AvgIpc) is 3.10. The second-order valence-electron chi connectivity index (χ2n) is 7.12. The minimum atomic E-state index is -0.528. The van der Waals surface area contributed by atoms with Gasteiger partial charge in [-0.05, 0) is 62.8 Å². The van der Waals surface area contributed by atoms with Crippen LogP contribution in [0.3, 0.4) is 0 Å². The van der Waals surface area contributed by atoms with E-state index in [0.29, 0.717) is 6.54 Å². The summed E-state index contributed by atoms with van der Waals surface area (Å²) in [5.74, 6) is 1.57. The molecule has 0 saturated carbocycles. The lowest BCUT2D eigenvalue weighted by atomic mass is 9.94. The lowest BCUT2D eigenvalue weighted by Crippen LogP contribution is -2.40. The maximum atomic E-state index is 10.5. The molecule has 3 rings (SSSR count). The third kappa shape index (κ3) is 5.19. The highest BCUT2D eigenvalue weighted by atomic mass is 32.1. The summed E-state index contributed by atoms with van der Waals surface area (Å²) < 4.78 is 1.21. The maximum absolute atomic E-state index is 10.5. The van der Waals surface area contributed by atoms with Crippen LogP contribution >= 0.6 is 11.3 Å². The summed E-state index contributed by atoms with van der Waals surface area (Å²) in [6.07, 6.45) is 3.22. The molecular weight excluding hydrogens is 344 g/mol. The fourth-order valence-corrected chi connectivity index (χ4v) is 4.48. The number of fused-ring (bicyclic) bond motifs is 1. The van der Waals surface area contributed by atoms with Crippen molar-refractivity contribution in [1.82, 2.24) is 15.5 Å². The van der Waals surface area contributed by atoms with Crippen LogP contribution in [0.15, 0.2) is 35.3 Å². The van der Waals surface area contributed by atoms with Crippen LogP contribution in [-0.2, 0) is 0 Å². The molecule has 1 fully saturated rings. The molecule has 142 valence electrons. The molecule has 1 aromatic carbocycles. The van der Waals surface area contributed by atoms with Crippen LogP contribution in [0, 0.1) is 5.92 Å². The maximum Gasteiger partial charge on any atom is 0.191 e. The lowest BCUT2D eigenvalue weighted by Gasteiger charge is -2.29. The van der Waals surface area contributed by atoms with E-state index in [-0.39, 0.29) is 0 Å². The van der Waals surface area contributed by atoms with Crippen molar-refractivity contribution in [1.29, 1.82) is 0 Å². The van der Waals surface area contributed by atoms with Gasteiger partial charge in [-0.2, -0.15) is 0 Å². The molecule has 6 heteroatoms. The summed E-state index contributed by atoms with van der Waals surface area (Å²) in [7, 11) is 3.97. The Morgan fingerprint density at radius 1 is 1.31 bits per heavy atom. The summed E-state index contributed by atoms with van der Waals surface area (Å²) in [6, 6.07) is 10.3. The standard InChI is InChI=1S/C20H30N4OS/c1-21-20(22-10-7-15-8-11-24(2)12-9-15)23-14-17(25)19-13-16-5-3-4-6-18(16)26-19/h3-6,13,15,17,25H,7-12,14H2,1-2H3,(H2,21,22,23). The van der Waals surface area contributed by atoms with E-state index < -0.39 is 6.10 Å². The van der Waals surface area contributed by atoms with Gasteiger partial charge in [0, 0.05) is 29.7 Å². The Hall–Kier alpha value is -1.63. The Labute approximate surface area is 160 Å². The number of nitrogens with zero attached hydrogens (tertiary/aromatic N) is 2. The third-order valence-corrected chi connectivity index (χ3v) is 6.36. The molecule has 0 aliphatic carbocycles. The Bertz CT molecular complexity index is 688. The summed E-state index contributed by atoms with van der Waals surface area (Å²) in [5.41, 5.74) is 0. The second kappa shape index (κ2) is 9.35. The van der Waals surface area contributed by atoms with E-state index in [0.717, 1.165) is 23.3 Å². The molecule has 3 N–H and O–H groups in total. The molecular formula is C20H30N4OS. The van der Waals surface area contributed by atoms with Gasteiger partial charge in [0.25, 0.3) is 0 Å². The fraction of sp³-hybridized carbons (Fsp3) is 0.550. The van der Waals surface area contributed by atoms with Crippen LogP contribution in [0.2, 0.25) is 0 Å². The SMILES string of the molecule is CN=C(NCCC1CCN(C)CC1)NCC(O)c1cc2ccccc2s1. The number of aliphatic hydroxyl groups is 1. The van der Waals surface area contributed by atoms with Crippen molar-refractivity contribution in [3.8, 4) is 0 Å². The first kappa shape index (κ1) is 19.1. The minimum absolute atomic E-state index is 0.459. The number of hydrogen-bond acceptors (Lipinski definition) is 4. The van der Waals surface area contributed by atoms with Gasteiger partial charge >= 0.3 is 0 Å². The van der Waals surface area contributed by atoms with Crippen molar-refractivity contribution in [2.24, 2.45) is 10.9 Å². The highest BCUT2D eigenvalue weighted by molar-refractivity contribution is 7.19. The van der Waals surface area contributed by atoms with Crippen LogP contribution in [0.5, 0.6) is 0 Å². The van der Waals surface area contributed by atoms with Crippen LogP contribution in [-0.4, -0.2) is 56.2 Å². The predicted octanol–water partition coefficient (Wildman–Crippen LogP) is 2.83. The molecule has 0 radical (unpaired) electrons. The third-order valence-electron chi connectivity index (χ3n) is 5.14. The number of nitrogens with one attached hydrogen (secondary N) is 2. The number of benzene rings is 1. The van der Waals surface area contributed by atoms with Crippen LogP contribution < -0.4 is 10.6 Å². The van der Waals surface area contributed by atoms with Gasteiger partial charge in [-0.25, -0.2) is 0 Å². The molecule has 0 bridgehead atoms. The highest BCUT2D eigenvalue weighted by Gasteiger charge is 2.16. The number of thiophene rings is 1. The second-order valence-corrected chi connectivity index (χ2v) is 8.23. The quantitative estimate of drug-likeness (QED) is 0.538. The number of hydrogen-bond donors (Lipinski definition) is 3. The zero-order valence-corrected chi connectivity index (χ0v) is 16.6. The van der Waals surface area contributed by atoms with Gasteiger partial charge in [-0.1, -0.05) is 18.2 Å². The molecule has 0 amide bonds. The number of aliphatic imine (C=N–C) groups is 1. The Morgan fingerprint density at radius 2 is 2.08 bits per heavy atom. The molecule has 1 aliphatic heterocycles. The topological polar surface area (TPSA) is 59.9 Å².